The average molecular weight is 220 g/mol. The zero-order valence-electron chi connectivity index (χ0n) is 10.6. The predicted octanol–water partition coefficient (Wildman–Crippen LogP) is 2.92. The third-order valence-electron chi connectivity index (χ3n) is 1.82. The first-order valence-corrected chi connectivity index (χ1v) is 5.67. The number of unbranched alkanes of at least 4 members (excludes halogenated alkanes) is 3. The molecule has 0 aliphatic carbocycles. The van der Waals surface area contributed by atoms with Gasteiger partial charge >= 0.3 is 5.97 Å². The third kappa shape index (κ3) is 9.16. The summed E-state index contributed by atoms with van der Waals surface area (Å²) in [6.45, 7) is 7.04. The van der Waals surface area contributed by atoms with E-state index in [1.165, 1.54) is 19.8 Å². The first-order chi connectivity index (χ1) is 7.48. The zero-order valence-corrected chi connectivity index (χ0v) is 10.6. The molecule has 2 nitrogen and oxygen atoms in total. The van der Waals surface area contributed by atoms with Crippen LogP contribution >= 0.6 is 0 Å². The first kappa shape index (κ1) is 14.6. The Kier molecular flexibility index (Phi) is 7.14. The van der Waals surface area contributed by atoms with E-state index < -0.39 is 5.60 Å². The molecule has 0 aromatic carbocycles. The molecule has 0 saturated carbocycles. The molecule has 0 unspecified atom stereocenters. The molecule has 0 aliphatic rings. The summed E-state index contributed by atoms with van der Waals surface area (Å²) in [7, 11) is 0. The van der Waals surface area contributed by atoms with Crippen LogP contribution in [-0.4, -0.2) is 11.6 Å². The van der Waals surface area contributed by atoms with Gasteiger partial charge in [0.1, 0.15) is 0 Å². The Morgan fingerprint density at radius 3 is 2.50 bits per heavy atom. The quantitative estimate of drug-likeness (QED) is 0.413. The number of hydrogen-bond donors (Lipinski definition) is 0. The summed E-state index contributed by atoms with van der Waals surface area (Å²) in [6, 6.07) is 0. The molecule has 16 heavy (non-hydrogen) atoms. The maximum Gasteiger partial charge on any atom is 0.304 e. The van der Waals surface area contributed by atoms with Crippen LogP contribution in [0.4, 0.5) is 0 Å². The Hall–Kier alpha value is -1.41. The van der Waals surface area contributed by atoms with Crippen LogP contribution in [-0.2, 0) is 9.53 Å². The van der Waals surface area contributed by atoms with Crippen LogP contribution in [0.1, 0.15) is 53.4 Å². The normalized spacial score (nSPS) is 9.50. The fourth-order valence-corrected chi connectivity index (χ4v) is 1.14. The highest BCUT2D eigenvalue weighted by Gasteiger charge is 2.16. The zero-order chi connectivity index (χ0) is 12.4. The van der Waals surface area contributed by atoms with Gasteiger partial charge < -0.3 is 4.74 Å². The first-order valence-electron chi connectivity index (χ1n) is 5.67. The summed E-state index contributed by atoms with van der Waals surface area (Å²) in [5.74, 6) is 11.0. The summed E-state index contributed by atoms with van der Waals surface area (Å²) in [6.07, 6.45) is 4.42. The lowest BCUT2D eigenvalue weighted by molar-refractivity contribution is -0.148. The molecule has 0 atom stereocenters. The molecule has 2 heteroatoms. The van der Waals surface area contributed by atoms with Crippen LogP contribution in [0.5, 0.6) is 0 Å². The smallest absolute Gasteiger partial charge is 0.304 e. The van der Waals surface area contributed by atoms with E-state index >= 15 is 0 Å². The molecular formula is C14H20O2. The maximum atomic E-state index is 10.7. The van der Waals surface area contributed by atoms with Gasteiger partial charge in [0.25, 0.3) is 0 Å². The second kappa shape index (κ2) is 7.83. The van der Waals surface area contributed by atoms with Gasteiger partial charge in [-0.25, -0.2) is 0 Å². The molecule has 0 spiro atoms. The second-order valence-electron chi connectivity index (χ2n) is 4.11. The third-order valence-corrected chi connectivity index (χ3v) is 1.82. The highest BCUT2D eigenvalue weighted by Crippen LogP contribution is 2.06. The Labute approximate surface area is 98.8 Å². The summed E-state index contributed by atoms with van der Waals surface area (Å²) in [5, 5.41) is 0. The molecule has 0 aromatic heterocycles. The standard InChI is InChI=1S/C14H20O2/c1-5-6-7-8-9-10-11-12-14(3,4)16-13(2)15/h5-8H2,1-4H3. The number of esters is 1. The minimum Gasteiger partial charge on any atom is -0.447 e. The average Bonchev–Trinajstić information content (AvgIpc) is 2.14. The van der Waals surface area contributed by atoms with E-state index in [1.54, 1.807) is 13.8 Å². The minimum atomic E-state index is -0.746. The summed E-state index contributed by atoms with van der Waals surface area (Å²) in [4.78, 5) is 10.7. The SMILES string of the molecule is CCCCCC#CC#CC(C)(C)OC(C)=O. The fourth-order valence-electron chi connectivity index (χ4n) is 1.14. The van der Waals surface area contributed by atoms with Gasteiger partial charge in [0.05, 0.1) is 0 Å². The lowest BCUT2D eigenvalue weighted by Crippen LogP contribution is -2.24. The van der Waals surface area contributed by atoms with Crippen LogP contribution in [0.15, 0.2) is 0 Å². The van der Waals surface area contributed by atoms with Crippen molar-refractivity contribution in [2.45, 2.75) is 59.0 Å². The Bertz CT molecular complexity index is 331. The number of rotatable bonds is 4. The van der Waals surface area contributed by atoms with Gasteiger partial charge in [-0.15, -0.1) is 0 Å². The van der Waals surface area contributed by atoms with Crippen LogP contribution in [0.25, 0.3) is 0 Å². The molecule has 0 aliphatic heterocycles. The van der Waals surface area contributed by atoms with Crippen molar-refractivity contribution in [3.05, 3.63) is 0 Å². The molecule has 0 amide bonds. The maximum absolute atomic E-state index is 10.7. The Balaban J connectivity index is 4.03. The van der Waals surface area contributed by atoms with Crippen molar-refractivity contribution >= 4 is 5.97 Å². The van der Waals surface area contributed by atoms with Crippen molar-refractivity contribution in [1.29, 1.82) is 0 Å². The molecule has 0 fully saturated rings. The Morgan fingerprint density at radius 2 is 1.94 bits per heavy atom. The van der Waals surface area contributed by atoms with E-state index in [0.717, 1.165) is 12.8 Å². The van der Waals surface area contributed by atoms with E-state index in [9.17, 15) is 4.79 Å². The summed E-state index contributed by atoms with van der Waals surface area (Å²) >= 11 is 0. The molecule has 0 heterocycles. The van der Waals surface area contributed by atoms with E-state index in [0.29, 0.717) is 0 Å². The number of carbonyl (C=O) groups is 1. The van der Waals surface area contributed by atoms with E-state index in [1.807, 2.05) is 0 Å². The van der Waals surface area contributed by atoms with Crippen molar-refractivity contribution in [2.75, 3.05) is 0 Å². The van der Waals surface area contributed by atoms with Gasteiger partial charge in [0, 0.05) is 13.3 Å². The van der Waals surface area contributed by atoms with Crippen molar-refractivity contribution in [1.82, 2.24) is 0 Å². The molecule has 0 N–H and O–H groups in total. The summed E-state index contributed by atoms with van der Waals surface area (Å²) < 4.78 is 5.00. The number of hydrogen-bond acceptors (Lipinski definition) is 2. The fraction of sp³-hybridized carbons (Fsp3) is 0.643. The molecule has 0 saturated heterocycles. The molecule has 0 aromatic rings. The van der Waals surface area contributed by atoms with Gasteiger partial charge in [0.2, 0.25) is 0 Å². The van der Waals surface area contributed by atoms with Crippen LogP contribution in [0, 0.1) is 23.7 Å². The molecule has 88 valence electrons. The van der Waals surface area contributed by atoms with Crippen molar-refractivity contribution in [2.24, 2.45) is 0 Å². The Morgan fingerprint density at radius 1 is 1.25 bits per heavy atom. The molecule has 0 rings (SSSR count). The van der Waals surface area contributed by atoms with Crippen LogP contribution in [0.3, 0.4) is 0 Å². The largest absolute Gasteiger partial charge is 0.447 e. The van der Waals surface area contributed by atoms with Gasteiger partial charge in [-0.05, 0) is 38.0 Å². The molecule has 0 radical (unpaired) electrons. The predicted molar refractivity (Wildman–Crippen MR) is 65.5 cm³/mol. The van der Waals surface area contributed by atoms with Gasteiger partial charge in [-0.2, -0.15) is 0 Å². The van der Waals surface area contributed by atoms with Gasteiger partial charge in [-0.3, -0.25) is 4.79 Å². The highest BCUT2D eigenvalue weighted by molar-refractivity contribution is 5.67. The van der Waals surface area contributed by atoms with Crippen LogP contribution < -0.4 is 0 Å². The number of carbonyl (C=O) groups excluding carboxylic acids is 1. The monoisotopic (exact) mass is 220 g/mol. The van der Waals surface area contributed by atoms with Crippen molar-refractivity contribution in [3.63, 3.8) is 0 Å². The molecular weight excluding hydrogens is 200 g/mol. The van der Waals surface area contributed by atoms with Crippen LogP contribution in [0.2, 0.25) is 0 Å². The van der Waals surface area contributed by atoms with Gasteiger partial charge in [-0.1, -0.05) is 25.7 Å². The lowest BCUT2D eigenvalue weighted by atomic mass is 10.1. The van der Waals surface area contributed by atoms with Crippen molar-refractivity contribution < 1.29 is 9.53 Å². The highest BCUT2D eigenvalue weighted by atomic mass is 16.6. The second-order valence-corrected chi connectivity index (χ2v) is 4.11. The number of ether oxygens (including phenoxy) is 1. The van der Waals surface area contributed by atoms with Crippen molar-refractivity contribution in [3.8, 4) is 23.7 Å². The van der Waals surface area contributed by atoms with E-state index in [4.69, 9.17) is 4.74 Å². The van der Waals surface area contributed by atoms with E-state index in [2.05, 4.69) is 30.6 Å². The topological polar surface area (TPSA) is 26.3 Å². The van der Waals surface area contributed by atoms with Gasteiger partial charge in [0.15, 0.2) is 5.60 Å². The molecule has 0 bridgehead atoms. The van der Waals surface area contributed by atoms with E-state index in [-0.39, 0.29) is 5.97 Å². The lowest BCUT2D eigenvalue weighted by Gasteiger charge is -2.16. The summed E-state index contributed by atoms with van der Waals surface area (Å²) in [5.41, 5.74) is -0.746. The minimum absolute atomic E-state index is 0.324.